The predicted octanol–water partition coefficient (Wildman–Crippen LogP) is 3.62. The molecule has 1 saturated heterocycles. The summed E-state index contributed by atoms with van der Waals surface area (Å²) < 4.78 is 3.28. The third kappa shape index (κ3) is 3.08. The van der Waals surface area contributed by atoms with Gasteiger partial charge in [0.15, 0.2) is 5.65 Å². The summed E-state index contributed by atoms with van der Waals surface area (Å²) >= 11 is 5.40. The van der Waals surface area contributed by atoms with E-state index in [1.807, 2.05) is 0 Å². The van der Waals surface area contributed by atoms with Gasteiger partial charge in [-0.05, 0) is 59.0 Å². The third-order valence-electron chi connectivity index (χ3n) is 4.26. The quantitative estimate of drug-likeness (QED) is 0.740. The number of hydrogen-bond acceptors (Lipinski definition) is 4. The molecule has 3 aromatic rings. The molecule has 0 saturated carbocycles. The molecule has 1 N–H and O–H groups in total. The van der Waals surface area contributed by atoms with Crippen molar-refractivity contribution in [3.63, 3.8) is 0 Å². The van der Waals surface area contributed by atoms with E-state index in [2.05, 4.69) is 66.4 Å². The standard InChI is InChI=1S/C17H19BrN4S/c18-13-4-1-9-22-14(12-21-8-3-6-19-7-10-21)16(20-17(13)22)15-5-2-11-23-15/h1-2,4-5,9,11,19H,3,6-8,10,12H2. The van der Waals surface area contributed by atoms with E-state index in [1.165, 1.54) is 17.0 Å². The Kier molecular flexibility index (Phi) is 4.48. The van der Waals surface area contributed by atoms with Crippen molar-refractivity contribution in [2.24, 2.45) is 0 Å². The van der Waals surface area contributed by atoms with Gasteiger partial charge in [0.2, 0.25) is 0 Å². The molecule has 0 aromatic carbocycles. The van der Waals surface area contributed by atoms with Crippen molar-refractivity contribution in [2.45, 2.75) is 13.0 Å². The molecule has 4 rings (SSSR count). The number of nitrogens with one attached hydrogen (secondary N) is 1. The summed E-state index contributed by atoms with van der Waals surface area (Å²) in [6.45, 7) is 5.34. The van der Waals surface area contributed by atoms with Crippen LogP contribution in [0.5, 0.6) is 0 Å². The number of halogens is 1. The maximum Gasteiger partial charge on any atom is 0.152 e. The Morgan fingerprint density at radius 2 is 2.17 bits per heavy atom. The number of nitrogens with zero attached hydrogens (tertiary/aromatic N) is 3. The number of fused-ring (bicyclic) bond motifs is 1. The fourth-order valence-corrected chi connectivity index (χ4v) is 4.28. The van der Waals surface area contributed by atoms with Crippen molar-refractivity contribution in [3.8, 4) is 10.6 Å². The van der Waals surface area contributed by atoms with Crippen molar-refractivity contribution in [1.29, 1.82) is 0 Å². The molecule has 0 radical (unpaired) electrons. The monoisotopic (exact) mass is 390 g/mol. The van der Waals surface area contributed by atoms with Crippen LogP contribution in [0, 0.1) is 0 Å². The average Bonchev–Trinajstić information content (AvgIpc) is 3.12. The minimum atomic E-state index is 0.937. The molecule has 0 bridgehead atoms. The normalized spacial score (nSPS) is 16.7. The van der Waals surface area contributed by atoms with Crippen LogP contribution in [-0.4, -0.2) is 40.5 Å². The predicted molar refractivity (Wildman–Crippen MR) is 99.0 cm³/mol. The van der Waals surface area contributed by atoms with Gasteiger partial charge in [0.25, 0.3) is 0 Å². The van der Waals surface area contributed by atoms with E-state index in [-0.39, 0.29) is 0 Å². The SMILES string of the molecule is Brc1cccn2c(CN3CCCNCC3)c(-c3cccs3)nc12. The molecule has 4 heterocycles. The largest absolute Gasteiger partial charge is 0.315 e. The van der Waals surface area contributed by atoms with E-state index >= 15 is 0 Å². The summed E-state index contributed by atoms with van der Waals surface area (Å²) in [5.74, 6) is 0. The van der Waals surface area contributed by atoms with Crippen molar-refractivity contribution in [1.82, 2.24) is 19.6 Å². The van der Waals surface area contributed by atoms with E-state index in [0.29, 0.717) is 0 Å². The number of hydrogen-bond donors (Lipinski definition) is 1. The van der Waals surface area contributed by atoms with Gasteiger partial charge in [-0.1, -0.05) is 6.07 Å². The lowest BCUT2D eigenvalue weighted by Crippen LogP contribution is -2.28. The van der Waals surface area contributed by atoms with Gasteiger partial charge < -0.3 is 9.72 Å². The number of rotatable bonds is 3. The van der Waals surface area contributed by atoms with Crippen LogP contribution in [-0.2, 0) is 6.54 Å². The second kappa shape index (κ2) is 6.73. The number of pyridine rings is 1. The highest BCUT2D eigenvalue weighted by Gasteiger charge is 2.19. The number of aromatic nitrogens is 2. The van der Waals surface area contributed by atoms with Crippen LogP contribution in [0.2, 0.25) is 0 Å². The van der Waals surface area contributed by atoms with Gasteiger partial charge in [-0.2, -0.15) is 0 Å². The minimum absolute atomic E-state index is 0.937. The Morgan fingerprint density at radius 3 is 3.04 bits per heavy atom. The van der Waals surface area contributed by atoms with Gasteiger partial charge in [-0.15, -0.1) is 11.3 Å². The maximum atomic E-state index is 4.93. The van der Waals surface area contributed by atoms with E-state index in [4.69, 9.17) is 4.98 Å². The molecular weight excluding hydrogens is 372 g/mol. The summed E-state index contributed by atoms with van der Waals surface area (Å²) in [4.78, 5) is 8.70. The molecule has 3 aromatic heterocycles. The first-order valence-electron chi connectivity index (χ1n) is 7.95. The molecule has 0 amide bonds. The van der Waals surface area contributed by atoms with Crippen LogP contribution < -0.4 is 5.32 Å². The molecule has 120 valence electrons. The Labute approximate surface area is 148 Å². The molecule has 6 heteroatoms. The summed E-state index contributed by atoms with van der Waals surface area (Å²) in [6.07, 6.45) is 3.32. The van der Waals surface area contributed by atoms with Crippen LogP contribution in [0.4, 0.5) is 0 Å². The van der Waals surface area contributed by atoms with Crippen LogP contribution in [0.15, 0.2) is 40.3 Å². The molecule has 0 unspecified atom stereocenters. The van der Waals surface area contributed by atoms with Crippen LogP contribution in [0.1, 0.15) is 12.1 Å². The lowest BCUT2D eigenvalue weighted by Gasteiger charge is -2.19. The van der Waals surface area contributed by atoms with Crippen LogP contribution >= 0.6 is 27.3 Å². The fraction of sp³-hybridized carbons (Fsp3) is 0.353. The molecule has 1 aliphatic heterocycles. The zero-order chi connectivity index (χ0) is 15.6. The van der Waals surface area contributed by atoms with Gasteiger partial charge in [-0.3, -0.25) is 4.90 Å². The molecule has 1 fully saturated rings. The summed E-state index contributed by atoms with van der Waals surface area (Å²) in [5.41, 5.74) is 3.40. The fourth-order valence-electron chi connectivity index (χ4n) is 3.12. The molecule has 0 spiro atoms. The molecular formula is C17H19BrN4S. The second-order valence-corrected chi connectivity index (χ2v) is 7.62. The van der Waals surface area contributed by atoms with Gasteiger partial charge in [-0.25, -0.2) is 4.98 Å². The lowest BCUT2D eigenvalue weighted by atomic mass is 10.2. The first kappa shape index (κ1) is 15.3. The van der Waals surface area contributed by atoms with Gasteiger partial charge in [0, 0.05) is 25.8 Å². The van der Waals surface area contributed by atoms with E-state index < -0.39 is 0 Å². The molecule has 0 atom stereocenters. The second-order valence-electron chi connectivity index (χ2n) is 5.81. The minimum Gasteiger partial charge on any atom is -0.315 e. The summed E-state index contributed by atoms with van der Waals surface area (Å²) in [7, 11) is 0. The average molecular weight is 391 g/mol. The highest BCUT2D eigenvalue weighted by atomic mass is 79.9. The van der Waals surface area contributed by atoms with E-state index in [0.717, 1.165) is 48.5 Å². The van der Waals surface area contributed by atoms with Crippen molar-refractivity contribution >= 4 is 32.9 Å². The number of imidazole rings is 1. The van der Waals surface area contributed by atoms with Crippen LogP contribution in [0.25, 0.3) is 16.2 Å². The first-order valence-corrected chi connectivity index (χ1v) is 9.62. The van der Waals surface area contributed by atoms with Crippen molar-refractivity contribution in [2.75, 3.05) is 26.2 Å². The van der Waals surface area contributed by atoms with Crippen LogP contribution in [0.3, 0.4) is 0 Å². The molecule has 1 aliphatic rings. The Bertz CT molecular complexity index is 788. The van der Waals surface area contributed by atoms with Crippen molar-refractivity contribution in [3.05, 3.63) is 46.0 Å². The topological polar surface area (TPSA) is 32.6 Å². The lowest BCUT2D eigenvalue weighted by molar-refractivity contribution is 0.281. The smallest absolute Gasteiger partial charge is 0.152 e. The van der Waals surface area contributed by atoms with E-state index in [1.54, 1.807) is 11.3 Å². The van der Waals surface area contributed by atoms with Crippen molar-refractivity contribution < 1.29 is 0 Å². The summed E-state index contributed by atoms with van der Waals surface area (Å²) in [5, 5.41) is 5.59. The third-order valence-corrected chi connectivity index (χ3v) is 5.76. The summed E-state index contributed by atoms with van der Waals surface area (Å²) in [6, 6.07) is 8.39. The Morgan fingerprint density at radius 1 is 1.22 bits per heavy atom. The van der Waals surface area contributed by atoms with Gasteiger partial charge in [0.05, 0.1) is 15.0 Å². The van der Waals surface area contributed by atoms with Gasteiger partial charge in [0.1, 0.15) is 5.69 Å². The molecule has 0 aliphatic carbocycles. The highest BCUT2D eigenvalue weighted by Crippen LogP contribution is 2.31. The zero-order valence-electron chi connectivity index (χ0n) is 12.8. The number of thiophene rings is 1. The Hall–Kier alpha value is -1.21. The first-order chi connectivity index (χ1) is 11.3. The van der Waals surface area contributed by atoms with Gasteiger partial charge >= 0.3 is 0 Å². The molecule has 4 nitrogen and oxygen atoms in total. The highest BCUT2D eigenvalue weighted by molar-refractivity contribution is 9.10. The zero-order valence-corrected chi connectivity index (χ0v) is 15.2. The molecule has 23 heavy (non-hydrogen) atoms. The Balaban J connectivity index is 1.79. The maximum absolute atomic E-state index is 4.93. The van der Waals surface area contributed by atoms with E-state index in [9.17, 15) is 0 Å².